The summed E-state index contributed by atoms with van der Waals surface area (Å²) in [5, 5.41) is 8.67. The van der Waals surface area contributed by atoms with Crippen LogP contribution in [0.25, 0.3) is 6.08 Å². The molecule has 14 heavy (non-hydrogen) atoms. The van der Waals surface area contributed by atoms with Crippen molar-refractivity contribution in [1.82, 2.24) is 0 Å². The van der Waals surface area contributed by atoms with Gasteiger partial charge in [-0.15, -0.1) is 0 Å². The first kappa shape index (κ1) is 10.1. The van der Waals surface area contributed by atoms with Gasteiger partial charge in [-0.2, -0.15) is 5.26 Å². The molecule has 1 aromatic rings. The second-order valence-electron chi connectivity index (χ2n) is 2.45. The van der Waals surface area contributed by atoms with Crippen LogP contribution in [0.5, 0.6) is 0 Å². The number of carbonyl (C=O) groups excluding carboxylic acids is 1. The van der Waals surface area contributed by atoms with E-state index in [1.54, 1.807) is 19.1 Å². The lowest BCUT2D eigenvalue weighted by atomic mass is 10.2. The van der Waals surface area contributed by atoms with Crippen molar-refractivity contribution in [3.63, 3.8) is 0 Å². The minimum Gasteiger partial charge on any atom is -0.472 e. The van der Waals surface area contributed by atoms with E-state index in [-0.39, 0.29) is 12.2 Å². The van der Waals surface area contributed by atoms with Gasteiger partial charge in [0, 0.05) is 5.56 Å². The summed E-state index contributed by atoms with van der Waals surface area (Å²) in [4.78, 5) is 11.2. The minimum atomic E-state index is -0.615. The third-order valence-corrected chi connectivity index (χ3v) is 1.47. The molecule has 0 unspecified atom stereocenters. The molecule has 1 rings (SSSR count). The molecule has 0 bridgehead atoms. The van der Waals surface area contributed by atoms with Gasteiger partial charge < -0.3 is 9.15 Å². The van der Waals surface area contributed by atoms with Gasteiger partial charge in [0.1, 0.15) is 11.6 Å². The molecule has 0 atom stereocenters. The van der Waals surface area contributed by atoms with Crippen molar-refractivity contribution in [2.45, 2.75) is 6.92 Å². The molecule has 0 N–H and O–H groups in total. The number of carbonyl (C=O) groups is 1. The van der Waals surface area contributed by atoms with Crippen molar-refractivity contribution in [3.8, 4) is 6.07 Å². The molecule has 4 nitrogen and oxygen atoms in total. The molecule has 72 valence electrons. The number of nitrogens with zero attached hydrogens (tertiary/aromatic N) is 1. The van der Waals surface area contributed by atoms with Gasteiger partial charge in [-0.3, -0.25) is 0 Å². The first-order valence-electron chi connectivity index (χ1n) is 4.09. The van der Waals surface area contributed by atoms with Crippen molar-refractivity contribution in [2.24, 2.45) is 0 Å². The fraction of sp³-hybridized carbons (Fsp3) is 0.200. The van der Waals surface area contributed by atoms with Crippen LogP contribution >= 0.6 is 0 Å². The van der Waals surface area contributed by atoms with E-state index in [9.17, 15) is 4.79 Å². The van der Waals surface area contributed by atoms with Crippen LogP contribution in [0.1, 0.15) is 12.5 Å². The summed E-state index contributed by atoms with van der Waals surface area (Å²) in [6, 6.07) is 3.42. The van der Waals surface area contributed by atoms with Crippen molar-refractivity contribution >= 4 is 12.0 Å². The highest BCUT2D eigenvalue weighted by atomic mass is 16.5. The van der Waals surface area contributed by atoms with Gasteiger partial charge in [0.25, 0.3) is 0 Å². The third kappa shape index (κ3) is 2.49. The minimum absolute atomic E-state index is 0.0340. The fourth-order valence-corrected chi connectivity index (χ4v) is 0.869. The molecule has 1 aromatic heterocycles. The molecular formula is C10H9NO3. The number of furan rings is 1. The standard InChI is InChI=1S/C10H9NO3/c1-2-14-10(12)9(6-11)5-8-3-4-13-7-8/h3-5,7H,2H2,1H3/b9-5-. The van der Waals surface area contributed by atoms with E-state index in [1.165, 1.54) is 18.6 Å². The molecule has 0 saturated heterocycles. The number of rotatable bonds is 3. The van der Waals surface area contributed by atoms with Crippen LogP contribution in [-0.4, -0.2) is 12.6 Å². The second kappa shape index (κ2) is 4.87. The molecule has 1 heterocycles. The maximum atomic E-state index is 11.2. The highest BCUT2D eigenvalue weighted by molar-refractivity contribution is 5.97. The van der Waals surface area contributed by atoms with E-state index >= 15 is 0 Å². The van der Waals surface area contributed by atoms with Crippen LogP contribution in [0.3, 0.4) is 0 Å². The van der Waals surface area contributed by atoms with E-state index in [0.29, 0.717) is 5.56 Å². The SMILES string of the molecule is CCOC(=O)/C(C#N)=C\c1ccoc1. The van der Waals surface area contributed by atoms with Gasteiger partial charge in [0.2, 0.25) is 0 Å². The Labute approximate surface area is 81.4 Å². The monoisotopic (exact) mass is 191 g/mol. The lowest BCUT2D eigenvalue weighted by Crippen LogP contribution is -2.05. The summed E-state index contributed by atoms with van der Waals surface area (Å²) in [6.07, 6.45) is 4.32. The Hall–Kier alpha value is -2.02. The number of ether oxygens (including phenoxy) is 1. The van der Waals surface area contributed by atoms with Crippen LogP contribution < -0.4 is 0 Å². The molecule has 0 radical (unpaired) electrons. The summed E-state index contributed by atoms with van der Waals surface area (Å²) >= 11 is 0. The maximum Gasteiger partial charge on any atom is 0.348 e. The number of hydrogen-bond acceptors (Lipinski definition) is 4. The average molecular weight is 191 g/mol. The van der Waals surface area contributed by atoms with Crippen LogP contribution in [0.4, 0.5) is 0 Å². The third-order valence-electron chi connectivity index (χ3n) is 1.47. The van der Waals surface area contributed by atoms with Gasteiger partial charge in [-0.1, -0.05) is 0 Å². The van der Waals surface area contributed by atoms with Crippen molar-refractivity contribution in [1.29, 1.82) is 5.26 Å². The molecule has 0 amide bonds. The molecule has 0 aliphatic rings. The summed E-state index contributed by atoms with van der Waals surface area (Å²) in [7, 11) is 0. The second-order valence-corrected chi connectivity index (χ2v) is 2.45. The summed E-state index contributed by atoms with van der Waals surface area (Å²) < 4.78 is 9.48. The zero-order valence-electron chi connectivity index (χ0n) is 7.69. The predicted molar refractivity (Wildman–Crippen MR) is 48.9 cm³/mol. The molecule has 0 aliphatic heterocycles. The van der Waals surface area contributed by atoms with E-state index in [0.717, 1.165) is 0 Å². The highest BCUT2D eigenvalue weighted by Crippen LogP contribution is 2.08. The summed E-state index contributed by atoms with van der Waals surface area (Å²) in [5.41, 5.74) is 0.628. The number of nitriles is 1. The molecule has 4 heteroatoms. The molecular weight excluding hydrogens is 182 g/mol. The Bertz CT molecular complexity index is 371. The first-order chi connectivity index (χ1) is 6.77. The van der Waals surface area contributed by atoms with E-state index in [2.05, 4.69) is 4.74 Å². The van der Waals surface area contributed by atoms with E-state index in [1.807, 2.05) is 0 Å². The molecule has 0 fully saturated rings. The van der Waals surface area contributed by atoms with Crippen LogP contribution in [-0.2, 0) is 9.53 Å². The maximum absolute atomic E-state index is 11.2. The number of hydrogen-bond donors (Lipinski definition) is 0. The largest absolute Gasteiger partial charge is 0.472 e. The zero-order chi connectivity index (χ0) is 10.4. The zero-order valence-corrected chi connectivity index (χ0v) is 7.69. The lowest BCUT2D eigenvalue weighted by molar-refractivity contribution is -0.137. The Morgan fingerprint density at radius 1 is 1.79 bits per heavy atom. The van der Waals surface area contributed by atoms with Crippen LogP contribution in [0.2, 0.25) is 0 Å². The first-order valence-corrected chi connectivity index (χ1v) is 4.09. The van der Waals surface area contributed by atoms with E-state index < -0.39 is 5.97 Å². The van der Waals surface area contributed by atoms with Gasteiger partial charge in [0.15, 0.2) is 0 Å². The summed E-state index contributed by atoms with van der Waals surface area (Å²) in [6.45, 7) is 1.94. The Kier molecular flexibility index (Phi) is 3.50. The highest BCUT2D eigenvalue weighted by Gasteiger charge is 2.09. The van der Waals surface area contributed by atoms with Crippen LogP contribution in [0.15, 0.2) is 28.6 Å². The Balaban J connectivity index is 2.83. The number of esters is 1. The van der Waals surface area contributed by atoms with Crippen molar-refractivity contribution < 1.29 is 13.9 Å². The quantitative estimate of drug-likeness (QED) is 0.414. The molecule has 0 aliphatic carbocycles. The van der Waals surface area contributed by atoms with Gasteiger partial charge in [-0.05, 0) is 19.1 Å². The van der Waals surface area contributed by atoms with Crippen molar-refractivity contribution in [2.75, 3.05) is 6.61 Å². The summed E-state index contributed by atoms with van der Waals surface area (Å²) in [5.74, 6) is -0.615. The lowest BCUT2D eigenvalue weighted by Gasteiger charge is -1.97. The van der Waals surface area contributed by atoms with Crippen molar-refractivity contribution in [3.05, 3.63) is 29.7 Å². The molecule has 0 aromatic carbocycles. The van der Waals surface area contributed by atoms with Gasteiger partial charge in [0.05, 0.1) is 19.1 Å². The topological polar surface area (TPSA) is 63.2 Å². The van der Waals surface area contributed by atoms with Gasteiger partial charge >= 0.3 is 5.97 Å². The van der Waals surface area contributed by atoms with Gasteiger partial charge in [-0.25, -0.2) is 4.79 Å². The molecule has 0 spiro atoms. The van der Waals surface area contributed by atoms with E-state index in [4.69, 9.17) is 9.68 Å². The normalized spacial score (nSPS) is 10.7. The smallest absolute Gasteiger partial charge is 0.348 e. The average Bonchev–Trinajstić information content (AvgIpc) is 2.66. The predicted octanol–water partition coefficient (Wildman–Crippen LogP) is 1.75. The molecule has 0 saturated carbocycles. The van der Waals surface area contributed by atoms with Crippen LogP contribution in [0, 0.1) is 11.3 Å². The fourth-order valence-electron chi connectivity index (χ4n) is 0.869. The Morgan fingerprint density at radius 2 is 2.57 bits per heavy atom. The Morgan fingerprint density at radius 3 is 3.07 bits per heavy atom.